The van der Waals surface area contributed by atoms with E-state index >= 15 is 0 Å². The van der Waals surface area contributed by atoms with Gasteiger partial charge in [0.2, 0.25) is 5.89 Å². The highest BCUT2D eigenvalue weighted by atomic mass is 16.5. The van der Waals surface area contributed by atoms with E-state index in [1.54, 1.807) is 0 Å². The van der Waals surface area contributed by atoms with Crippen molar-refractivity contribution in [1.29, 1.82) is 0 Å². The number of rotatable bonds is 4. The van der Waals surface area contributed by atoms with Crippen LogP contribution in [0.2, 0.25) is 0 Å². The molecular formula is C10H18N4O. The molecular weight excluding hydrogens is 192 g/mol. The van der Waals surface area contributed by atoms with Crippen molar-refractivity contribution in [2.75, 3.05) is 26.7 Å². The zero-order valence-electron chi connectivity index (χ0n) is 9.15. The summed E-state index contributed by atoms with van der Waals surface area (Å²) in [5.41, 5.74) is 5.43. The minimum Gasteiger partial charge on any atom is -0.339 e. The first-order valence-electron chi connectivity index (χ1n) is 5.50. The third-order valence-corrected chi connectivity index (χ3v) is 2.84. The second kappa shape index (κ2) is 4.72. The Morgan fingerprint density at radius 2 is 2.47 bits per heavy atom. The molecule has 1 aromatic heterocycles. The van der Waals surface area contributed by atoms with E-state index in [9.17, 15) is 0 Å². The smallest absolute Gasteiger partial charge is 0.226 e. The molecule has 1 unspecified atom stereocenters. The quantitative estimate of drug-likeness (QED) is 0.778. The maximum atomic E-state index is 5.43. The number of hydrogen-bond donors (Lipinski definition) is 1. The van der Waals surface area contributed by atoms with Gasteiger partial charge in [-0.25, -0.2) is 0 Å². The standard InChI is InChI=1S/C10H18N4O/c1-14-6-4-8(7-14)10-12-9(15-13-10)3-2-5-11/h8H,2-7,11H2,1H3. The van der Waals surface area contributed by atoms with Crippen LogP contribution in [0.25, 0.3) is 0 Å². The molecule has 1 aliphatic heterocycles. The summed E-state index contributed by atoms with van der Waals surface area (Å²) in [6.45, 7) is 2.83. The molecule has 1 fully saturated rings. The van der Waals surface area contributed by atoms with Gasteiger partial charge < -0.3 is 15.2 Å². The van der Waals surface area contributed by atoms with Gasteiger partial charge in [0.1, 0.15) is 0 Å². The fraction of sp³-hybridized carbons (Fsp3) is 0.800. The van der Waals surface area contributed by atoms with Crippen LogP contribution in [-0.4, -0.2) is 41.7 Å². The van der Waals surface area contributed by atoms with Gasteiger partial charge in [-0.1, -0.05) is 5.16 Å². The molecule has 5 nitrogen and oxygen atoms in total. The van der Waals surface area contributed by atoms with Crippen molar-refractivity contribution in [2.24, 2.45) is 5.73 Å². The predicted octanol–water partition coefficient (Wildman–Crippen LogP) is 0.380. The molecule has 15 heavy (non-hydrogen) atoms. The first-order valence-corrected chi connectivity index (χ1v) is 5.50. The minimum absolute atomic E-state index is 0.449. The van der Waals surface area contributed by atoms with Crippen LogP contribution in [0.3, 0.4) is 0 Å². The largest absolute Gasteiger partial charge is 0.339 e. The zero-order chi connectivity index (χ0) is 10.7. The van der Waals surface area contributed by atoms with Gasteiger partial charge in [0.05, 0.1) is 0 Å². The van der Waals surface area contributed by atoms with Crippen LogP contribution in [0.1, 0.15) is 30.5 Å². The van der Waals surface area contributed by atoms with Gasteiger partial charge in [0.25, 0.3) is 0 Å². The lowest BCUT2D eigenvalue weighted by Gasteiger charge is -2.05. The monoisotopic (exact) mass is 210 g/mol. The molecule has 2 N–H and O–H groups in total. The number of hydrogen-bond acceptors (Lipinski definition) is 5. The molecule has 0 spiro atoms. The summed E-state index contributed by atoms with van der Waals surface area (Å²) < 4.78 is 5.18. The van der Waals surface area contributed by atoms with E-state index in [1.807, 2.05) is 0 Å². The number of likely N-dealkylation sites (N-methyl/N-ethyl adjacent to an activating group) is 1. The summed E-state index contributed by atoms with van der Waals surface area (Å²) in [6, 6.07) is 0. The van der Waals surface area contributed by atoms with Gasteiger partial charge in [-0.15, -0.1) is 0 Å². The number of nitrogens with two attached hydrogens (primary N) is 1. The van der Waals surface area contributed by atoms with E-state index in [0.717, 1.165) is 44.1 Å². The van der Waals surface area contributed by atoms with Gasteiger partial charge in [0, 0.05) is 18.9 Å². The lowest BCUT2D eigenvalue weighted by atomic mass is 10.1. The summed E-state index contributed by atoms with van der Waals surface area (Å²) in [7, 11) is 2.12. The van der Waals surface area contributed by atoms with E-state index < -0.39 is 0 Å². The van der Waals surface area contributed by atoms with Gasteiger partial charge >= 0.3 is 0 Å². The number of aryl methyl sites for hydroxylation is 1. The SMILES string of the molecule is CN1CCC(c2noc(CCCN)n2)C1. The van der Waals surface area contributed by atoms with E-state index in [1.165, 1.54) is 0 Å². The molecule has 0 aliphatic carbocycles. The van der Waals surface area contributed by atoms with Crippen molar-refractivity contribution in [3.63, 3.8) is 0 Å². The Balaban J connectivity index is 1.94. The summed E-state index contributed by atoms with van der Waals surface area (Å²) in [5, 5.41) is 4.03. The van der Waals surface area contributed by atoms with Crippen LogP contribution in [-0.2, 0) is 6.42 Å². The highest BCUT2D eigenvalue weighted by molar-refractivity contribution is 4.99. The Bertz CT molecular complexity index is 312. The first kappa shape index (κ1) is 10.6. The second-order valence-corrected chi connectivity index (χ2v) is 4.19. The van der Waals surface area contributed by atoms with Crippen LogP contribution in [0.15, 0.2) is 4.52 Å². The maximum absolute atomic E-state index is 5.43. The Morgan fingerprint density at radius 1 is 1.60 bits per heavy atom. The normalized spacial score (nSPS) is 22.4. The molecule has 0 bridgehead atoms. The molecule has 0 radical (unpaired) electrons. The molecule has 5 heteroatoms. The van der Waals surface area contributed by atoms with Gasteiger partial charge in [-0.3, -0.25) is 0 Å². The van der Waals surface area contributed by atoms with E-state index in [4.69, 9.17) is 10.3 Å². The van der Waals surface area contributed by atoms with Crippen molar-refractivity contribution in [1.82, 2.24) is 15.0 Å². The molecule has 1 aliphatic rings. The van der Waals surface area contributed by atoms with Crippen molar-refractivity contribution in [3.05, 3.63) is 11.7 Å². The molecule has 0 aromatic carbocycles. The van der Waals surface area contributed by atoms with Gasteiger partial charge in [0.15, 0.2) is 5.82 Å². The Labute approximate surface area is 89.6 Å². The lowest BCUT2D eigenvalue weighted by molar-refractivity contribution is 0.365. The second-order valence-electron chi connectivity index (χ2n) is 4.19. The summed E-state index contributed by atoms with van der Waals surface area (Å²) in [6.07, 6.45) is 2.84. The van der Waals surface area contributed by atoms with Crippen LogP contribution in [0.4, 0.5) is 0 Å². The predicted molar refractivity (Wildman–Crippen MR) is 56.5 cm³/mol. The molecule has 84 valence electrons. The summed E-state index contributed by atoms with van der Waals surface area (Å²) in [4.78, 5) is 6.70. The zero-order valence-corrected chi connectivity index (χ0v) is 9.15. The summed E-state index contributed by atoms with van der Waals surface area (Å²) >= 11 is 0. The fourth-order valence-electron chi connectivity index (χ4n) is 1.93. The average Bonchev–Trinajstić information content (AvgIpc) is 2.83. The van der Waals surface area contributed by atoms with E-state index in [2.05, 4.69) is 22.1 Å². The summed E-state index contributed by atoms with van der Waals surface area (Å²) in [5.74, 6) is 2.04. The van der Waals surface area contributed by atoms with Crippen LogP contribution in [0, 0.1) is 0 Å². The Hall–Kier alpha value is -0.940. The molecule has 2 heterocycles. The Kier molecular flexibility index (Phi) is 3.33. The first-order chi connectivity index (χ1) is 7.29. The Morgan fingerprint density at radius 3 is 3.13 bits per heavy atom. The van der Waals surface area contributed by atoms with Crippen molar-refractivity contribution < 1.29 is 4.52 Å². The fourth-order valence-corrected chi connectivity index (χ4v) is 1.93. The topological polar surface area (TPSA) is 68.2 Å². The minimum atomic E-state index is 0.449. The maximum Gasteiger partial charge on any atom is 0.226 e. The van der Waals surface area contributed by atoms with Crippen molar-refractivity contribution in [3.8, 4) is 0 Å². The molecule has 0 saturated carbocycles. The van der Waals surface area contributed by atoms with E-state index in [-0.39, 0.29) is 0 Å². The number of likely N-dealkylation sites (tertiary alicyclic amines) is 1. The average molecular weight is 210 g/mol. The molecule has 0 amide bonds. The molecule has 1 atom stereocenters. The van der Waals surface area contributed by atoms with Crippen LogP contribution in [0.5, 0.6) is 0 Å². The molecule has 1 saturated heterocycles. The third kappa shape index (κ3) is 2.54. The highest BCUT2D eigenvalue weighted by Gasteiger charge is 2.25. The number of nitrogens with zero attached hydrogens (tertiary/aromatic N) is 3. The van der Waals surface area contributed by atoms with Crippen LogP contribution < -0.4 is 5.73 Å². The molecule has 1 aromatic rings. The molecule has 2 rings (SSSR count). The number of aromatic nitrogens is 2. The van der Waals surface area contributed by atoms with Crippen LogP contribution >= 0.6 is 0 Å². The van der Waals surface area contributed by atoms with Gasteiger partial charge in [-0.05, 0) is 33.0 Å². The van der Waals surface area contributed by atoms with E-state index in [0.29, 0.717) is 12.5 Å². The lowest BCUT2D eigenvalue weighted by Crippen LogP contribution is -2.13. The third-order valence-electron chi connectivity index (χ3n) is 2.84. The van der Waals surface area contributed by atoms with Crippen molar-refractivity contribution in [2.45, 2.75) is 25.2 Å². The highest BCUT2D eigenvalue weighted by Crippen LogP contribution is 2.23. The van der Waals surface area contributed by atoms with Gasteiger partial charge in [-0.2, -0.15) is 4.98 Å². The van der Waals surface area contributed by atoms with Crippen molar-refractivity contribution >= 4 is 0 Å².